The molecule has 1 aromatic carbocycles. The Morgan fingerprint density at radius 1 is 1.18 bits per heavy atom. The second-order valence-electron chi connectivity index (χ2n) is 5.35. The molecule has 1 N–H and O–H groups in total. The molecule has 112 valence electrons. The maximum atomic E-state index is 12.2. The van der Waals surface area contributed by atoms with Crippen molar-refractivity contribution in [1.29, 1.82) is 0 Å². The van der Waals surface area contributed by atoms with Crippen molar-refractivity contribution in [2.24, 2.45) is 0 Å². The van der Waals surface area contributed by atoms with E-state index < -0.39 is 0 Å². The van der Waals surface area contributed by atoms with Gasteiger partial charge >= 0.3 is 0 Å². The monoisotopic (exact) mass is 294 g/mol. The van der Waals surface area contributed by atoms with Gasteiger partial charge in [0, 0.05) is 23.9 Å². The summed E-state index contributed by atoms with van der Waals surface area (Å²) >= 11 is 0. The molecule has 1 aliphatic heterocycles. The van der Waals surface area contributed by atoms with Crippen molar-refractivity contribution in [3.05, 3.63) is 30.0 Å². The third kappa shape index (κ3) is 2.73. The van der Waals surface area contributed by atoms with Crippen molar-refractivity contribution >= 4 is 22.5 Å². The highest BCUT2D eigenvalue weighted by Gasteiger charge is 2.19. The van der Waals surface area contributed by atoms with Crippen LogP contribution < -0.4 is 10.2 Å². The molecule has 5 heteroatoms. The zero-order valence-electron chi connectivity index (χ0n) is 12.4. The van der Waals surface area contributed by atoms with Crippen LogP contribution >= 0.6 is 0 Å². The van der Waals surface area contributed by atoms with Gasteiger partial charge in [-0.3, -0.25) is 4.79 Å². The van der Waals surface area contributed by atoms with Crippen LogP contribution in [0.4, 0.5) is 5.82 Å². The normalized spacial score (nSPS) is 14.6. The van der Waals surface area contributed by atoms with E-state index in [0.717, 1.165) is 29.7 Å². The molecule has 0 radical (unpaired) electrons. The number of anilines is 1. The van der Waals surface area contributed by atoms with Gasteiger partial charge in [-0.2, -0.15) is 0 Å². The molecule has 0 saturated carbocycles. The Morgan fingerprint density at radius 3 is 2.64 bits per heavy atom. The van der Waals surface area contributed by atoms with Gasteiger partial charge in [0.15, 0.2) is 11.5 Å². The van der Waals surface area contributed by atoms with Crippen LogP contribution in [0.25, 0.3) is 10.8 Å². The second kappa shape index (κ2) is 6.44. The number of piperidine rings is 1. The fraction of sp³-hybridized carbons (Fsp3) is 0.353. The minimum Gasteiger partial charge on any atom is -0.355 e. The molecular weight excluding hydrogens is 276 g/mol. The summed E-state index contributed by atoms with van der Waals surface area (Å²) in [7, 11) is 0. The van der Waals surface area contributed by atoms with Crippen molar-refractivity contribution in [3.8, 4) is 12.3 Å². The maximum absolute atomic E-state index is 12.2. The van der Waals surface area contributed by atoms with Crippen LogP contribution in [-0.2, 0) is 0 Å². The van der Waals surface area contributed by atoms with Gasteiger partial charge in [-0.1, -0.05) is 30.2 Å². The van der Waals surface area contributed by atoms with Crippen LogP contribution in [0, 0.1) is 12.3 Å². The SMILES string of the molecule is C#CCNC(=O)c1nnc(N2CCCCC2)c2ccccc12. The minimum absolute atomic E-state index is 0.183. The lowest BCUT2D eigenvalue weighted by Gasteiger charge is -2.28. The Balaban J connectivity index is 2.03. The van der Waals surface area contributed by atoms with Gasteiger partial charge < -0.3 is 10.2 Å². The molecule has 1 amide bonds. The zero-order valence-corrected chi connectivity index (χ0v) is 12.4. The van der Waals surface area contributed by atoms with Crippen molar-refractivity contribution in [3.63, 3.8) is 0 Å². The number of rotatable bonds is 3. The summed E-state index contributed by atoms with van der Waals surface area (Å²) in [5.74, 6) is 2.97. The Morgan fingerprint density at radius 2 is 1.91 bits per heavy atom. The Labute approximate surface area is 129 Å². The number of aromatic nitrogens is 2. The van der Waals surface area contributed by atoms with Gasteiger partial charge in [0.1, 0.15) is 0 Å². The van der Waals surface area contributed by atoms with Crippen molar-refractivity contribution < 1.29 is 4.79 Å². The van der Waals surface area contributed by atoms with E-state index in [1.165, 1.54) is 19.3 Å². The average Bonchev–Trinajstić information content (AvgIpc) is 2.59. The number of hydrogen-bond donors (Lipinski definition) is 1. The van der Waals surface area contributed by atoms with E-state index in [4.69, 9.17) is 6.42 Å². The number of carbonyl (C=O) groups excluding carboxylic acids is 1. The van der Waals surface area contributed by atoms with Crippen molar-refractivity contribution in [2.45, 2.75) is 19.3 Å². The highest BCUT2D eigenvalue weighted by molar-refractivity contribution is 6.07. The van der Waals surface area contributed by atoms with E-state index in [9.17, 15) is 4.79 Å². The second-order valence-corrected chi connectivity index (χ2v) is 5.35. The third-order valence-electron chi connectivity index (χ3n) is 3.89. The molecule has 1 saturated heterocycles. The zero-order chi connectivity index (χ0) is 15.4. The summed E-state index contributed by atoms with van der Waals surface area (Å²) < 4.78 is 0. The first kappa shape index (κ1) is 14.3. The first-order chi connectivity index (χ1) is 10.8. The highest BCUT2D eigenvalue weighted by atomic mass is 16.1. The van der Waals surface area contributed by atoms with E-state index in [1.807, 2.05) is 24.3 Å². The van der Waals surface area contributed by atoms with E-state index >= 15 is 0 Å². The molecule has 0 spiro atoms. The van der Waals surface area contributed by atoms with Crippen LogP contribution in [0.3, 0.4) is 0 Å². The van der Waals surface area contributed by atoms with Gasteiger partial charge in [0.25, 0.3) is 5.91 Å². The maximum Gasteiger partial charge on any atom is 0.273 e. The quantitative estimate of drug-likeness (QED) is 0.880. The summed E-state index contributed by atoms with van der Waals surface area (Å²) in [4.78, 5) is 14.4. The molecule has 5 nitrogen and oxygen atoms in total. The van der Waals surface area contributed by atoms with Crippen LogP contribution in [0.5, 0.6) is 0 Å². The molecule has 1 aliphatic rings. The first-order valence-electron chi connectivity index (χ1n) is 7.53. The fourth-order valence-electron chi connectivity index (χ4n) is 2.81. The van der Waals surface area contributed by atoms with Gasteiger partial charge in [0.2, 0.25) is 0 Å². The molecule has 22 heavy (non-hydrogen) atoms. The Hall–Kier alpha value is -2.61. The molecule has 0 bridgehead atoms. The highest BCUT2D eigenvalue weighted by Crippen LogP contribution is 2.27. The van der Waals surface area contributed by atoms with Crippen molar-refractivity contribution in [1.82, 2.24) is 15.5 Å². The predicted molar refractivity (Wildman–Crippen MR) is 86.8 cm³/mol. The number of nitrogens with zero attached hydrogens (tertiary/aromatic N) is 3. The van der Waals surface area contributed by atoms with E-state index in [2.05, 4.69) is 26.3 Å². The molecule has 3 rings (SSSR count). The van der Waals surface area contributed by atoms with Crippen LogP contribution in [0.1, 0.15) is 29.8 Å². The molecule has 0 aliphatic carbocycles. The van der Waals surface area contributed by atoms with Gasteiger partial charge in [-0.25, -0.2) is 0 Å². The van der Waals surface area contributed by atoms with E-state index in [0.29, 0.717) is 5.69 Å². The molecular formula is C17H18N4O. The predicted octanol–water partition coefficient (Wildman–Crippen LogP) is 1.98. The van der Waals surface area contributed by atoms with E-state index in [1.54, 1.807) is 0 Å². The lowest BCUT2D eigenvalue weighted by atomic mass is 10.1. The third-order valence-corrected chi connectivity index (χ3v) is 3.89. The minimum atomic E-state index is -0.285. The average molecular weight is 294 g/mol. The number of fused-ring (bicyclic) bond motifs is 1. The van der Waals surface area contributed by atoms with Crippen LogP contribution in [-0.4, -0.2) is 35.7 Å². The molecule has 2 aromatic rings. The largest absolute Gasteiger partial charge is 0.355 e. The number of benzene rings is 1. The smallest absolute Gasteiger partial charge is 0.273 e. The number of nitrogens with one attached hydrogen (secondary N) is 1. The molecule has 2 heterocycles. The molecule has 0 atom stereocenters. The number of amides is 1. The van der Waals surface area contributed by atoms with Crippen LogP contribution in [0.15, 0.2) is 24.3 Å². The van der Waals surface area contributed by atoms with Gasteiger partial charge in [0.05, 0.1) is 6.54 Å². The molecule has 1 fully saturated rings. The van der Waals surface area contributed by atoms with Crippen LogP contribution in [0.2, 0.25) is 0 Å². The Kier molecular flexibility index (Phi) is 4.19. The molecule has 0 unspecified atom stereocenters. The lowest BCUT2D eigenvalue weighted by Crippen LogP contribution is -2.31. The van der Waals surface area contributed by atoms with Gasteiger partial charge in [-0.05, 0) is 19.3 Å². The summed E-state index contributed by atoms with van der Waals surface area (Å²) in [6.45, 7) is 2.16. The fourth-order valence-corrected chi connectivity index (χ4v) is 2.81. The number of terminal acetylenes is 1. The summed E-state index contributed by atoms with van der Waals surface area (Å²) in [5.41, 5.74) is 0.326. The van der Waals surface area contributed by atoms with Gasteiger partial charge in [-0.15, -0.1) is 16.6 Å². The summed E-state index contributed by atoms with van der Waals surface area (Å²) in [5, 5.41) is 12.9. The lowest BCUT2D eigenvalue weighted by molar-refractivity contribution is 0.0954. The van der Waals surface area contributed by atoms with E-state index in [-0.39, 0.29) is 12.5 Å². The Bertz CT molecular complexity index is 729. The summed E-state index contributed by atoms with van der Waals surface area (Å²) in [6, 6.07) is 7.76. The number of carbonyl (C=O) groups is 1. The summed E-state index contributed by atoms with van der Waals surface area (Å²) in [6.07, 6.45) is 8.77. The topological polar surface area (TPSA) is 58.1 Å². The van der Waals surface area contributed by atoms with Crippen molar-refractivity contribution in [2.75, 3.05) is 24.5 Å². The number of hydrogen-bond acceptors (Lipinski definition) is 4. The first-order valence-corrected chi connectivity index (χ1v) is 7.53. The molecule has 1 aromatic heterocycles. The standard InChI is InChI=1S/C17H18N4O/c1-2-10-18-17(22)15-13-8-4-5-9-14(13)16(20-19-15)21-11-6-3-7-12-21/h1,4-5,8-9H,3,6-7,10-12H2,(H,18,22).